The highest BCUT2D eigenvalue weighted by atomic mass is 35.5. The normalized spacial score (nSPS) is 12.5. The van der Waals surface area contributed by atoms with Gasteiger partial charge in [0.25, 0.3) is 0 Å². The maximum atomic E-state index is 12.0. The van der Waals surface area contributed by atoms with E-state index in [2.05, 4.69) is 5.32 Å². The molecule has 2 aromatic rings. The highest BCUT2D eigenvalue weighted by Gasteiger charge is 2.11. The number of hydrogen-bond acceptors (Lipinski definition) is 3. The molecule has 0 fully saturated rings. The molecular formula is C16H21ClN2O2S. The molecule has 0 radical (unpaired) electrons. The average molecular weight is 341 g/mol. The Balaban J connectivity index is 1.91. The van der Waals surface area contributed by atoms with Crippen LogP contribution in [-0.4, -0.2) is 40.2 Å². The number of thioether (sulfide) groups is 1. The Kier molecular flexibility index (Phi) is 6.61. The molecule has 1 aromatic carbocycles. The zero-order valence-corrected chi connectivity index (χ0v) is 14.2. The van der Waals surface area contributed by atoms with Crippen molar-refractivity contribution in [3.05, 3.63) is 35.5 Å². The number of amides is 1. The largest absolute Gasteiger partial charge is 0.394 e. The molecule has 0 saturated heterocycles. The summed E-state index contributed by atoms with van der Waals surface area (Å²) in [6, 6.07) is 7.57. The first-order valence-electron chi connectivity index (χ1n) is 7.28. The summed E-state index contributed by atoms with van der Waals surface area (Å²) in [5.41, 5.74) is 1.03. The van der Waals surface area contributed by atoms with E-state index in [0.717, 1.165) is 28.1 Å². The van der Waals surface area contributed by atoms with Crippen LogP contribution in [0.5, 0.6) is 0 Å². The van der Waals surface area contributed by atoms with Crippen molar-refractivity contribution in [3.63, 3.8) is 0 Å². The van der Waals surface area contributed by atoms with E-state index >= 15 is 0 Å². The lowest BCUT2D eigenvalue weighted by Crippen LogP contribution is -2.38. The fourth-order valence-corrected chi connectivity index (χ4v) is 3.12. The van der Waals surface area contributed by atoms with Crippen LogP contribution in [0.4, 0.5) is 0 Å². The Labute approximate surface area is 139 Å². The Morgan fingerprint density at radius 1 is 1.45 bits per heavy atom. The van der Waals surface area contributed by atoms with Crippen molar-refractivity contribution in [2.75, 3.05) is 18.6 Å². The topological polar surface area (TPSA) is 54.3 Å². The maximum Gasteiger partial charge on any atom is 0.222 e. The standard InChI is InChI=1S/C16H21ClN2O2S/c1-22-10-7-12(11-20)18-16(21)6-9-19-8-5-13-14(17)3-2-4-15(13)19/h2-5,8,12,20H,6-7,9-11H2,1H3,(H,18,21)/t12-/m1/s1. The van der Waals surface area contributed by atoms with Crippen LogP contribution < -0.4 is 5.32 Å². The Morgan fingerprint density at radius 2 is 2.27 bits per heavy atom. The van der Waals surface area contributed by atoms with Gasteiger partial charge < -0.3 is 15.0 Å². The minimum absolute atomic E-state index is 0.0195. The summed E-state index contributed by atoms with van der Waals surface area (Å²) >= 11 is 7.85. The van der Waals surface area contributed by atoms with Gasteiger partial charge in [-0.25, -0.2) is 0 Å². The fraction of sp³-hybridized carbons (Fsp3) is 0.438. The van der Waals surface area contributed by atoms with Crippen LogP contribution in [0.3, 0.4) is 0 Å². The Morgan fingerprint density at radius 3 is 3.00 bits per heavy atom. The van der Waals surface area contributed by atoms with Gasteiger partial charge in [0.1, 0.15) is 0 Å². The fourth-order valence-electron chi connectivity index (χ4n) is 2.37. The van der Waals surface area contributed by atoms with E-state index in [4.69, 9.17) is 11.6 Å². The van der Waals surface area contributed by atoms with E-state index in [9.17, 15) is 9.90 Å². The van der Waals surface area contributed by atoms with Crippen molar-refractivity contribution in [2.45, 2.75) is 25.4 Å². The number of rotatable bonds is 8. The maximum absolute atomic E-state index is 12.0. The van der Waals surface area contributed by atoms with Gasteiger partial charge in [-0.05, 0) is 36.6 Å². The molecule has 0 aliphatic heterocycles. The number of fused-ring (bicyclic) bond motifs is 1. The summed E-state index contributed by atoms with van der Waals surface area (Å²) in [5.74, 6) is 0.885. The molecule has 6 heteroatoms. The van der Waals surface area contributed by atoms with E-state index < -0.39 is 0 Å². The highest BCUT2D eigenvalue weighted by Crippen LogP contribution is 2.24. The van der Waals surface area contributed by atoms with Crippen molar-refractivity contribution >= 4 is 40.2 Å². The molecule has 1 heterocycles. The third kappa shape index (κ3) is 4.41. The molecule has 2 rings (SSSR count). The molecule has 120 valence electrons. The first-order valence-corrected chi connectivity index (χ1v) is 9.05. The van der Waals surface area contributed by atoms with Gasteiger partial charge in [-0.15, -0.1) is 0 Å². The number of aliphatic hydroxyl groups excluding tert-OH is 1. The third-order valence-corrected chi connectivity index (χ3v) is 4.57. The number of benzene rings is 1. The van der Waals surface area contributed by atoms with Crippen LogP contribution in [0.25, 0.3) is 10.9 Å². The van der Waals surface area contributed by atoms with Crippen molar-refractivity contribution < 1.29 is 9.90 Å². The van der Waals surface area contributed by atoms with Crippen LogP contribution in [0, 0.1) is 0 Å². The number of carbonyl (C=O) groups excluding carboxylic acids is 1. The quantitative estimate of drug-likeness (QED) is 0.777. The van der Waals surface area contributed by atoms with Crippen LogP contribution in [-0.2, 0) is 11.3 Å². The first kappa shape index (κ1) is 17.2. The highest BCUT2D eigenvalue weighted by molar-refractivity contribution is 7.98. The van der Waals surface area contributed by atoms with Gasteiger partial charge in [0.05, 0.1) is 12.6 Å². The van der Waals surface area contributed by atoms with Gasteiger partial charge in [-0.1, -0.05) is 17.7 Å². The first-order chi connectivity index (χ1) is 10.7. The van der Waals surface area contributed by atoms with Gasteiger partial charge in [0.2, 0.25) is 5.91 Å². The second kappa shape index (κ2) is 8.46. The number of halogens is 1. The zero-order chi connectivity index (χ0) is 15.9. The molecule has 0 aliphatic carbocycles. The molecule has 0 spiro atoms. The molecule has 4 nitrogen and oxygen atoms in total. The molecule has 22 heavy (non-hydrogen) atoms. The number of hydrogen-bond donors (Lipinski definition) is 2. The number of aliphatic hydroxyl groups is 1. The summed E-state index contributed by atoms with van der Waals surface area (Å²) in [6.07, 6.45) is 5.12. The van der Waals surface area contributed by atoms with Crippen molar-refractivity contribution in [3.8, 4) is 0 Å². The predicted octanol–water partition coefficient (Wildman–Crippen LogP) is 2.92. The van der Waals surface area contributed by atoms with Crippen LogP contribution in [0.2, 0.25) is 5.02 Å². The molecule has 2 N–H and O–H groups in total. The Bertz CT molecular complexity index is 630. The van der Waals surface area contributed by atoms with Gasteiger partial charge in [-0.2, -0.15) is 11.8 Å². The monoisotopic (exact) mass is 340 g/mol. The van der Waals surface area contributed by atoms with Gasteiger partial charge >= 0.3 is 0 Å². The second-order valence-corrected chi connectivity index (χ2v) is 6.55. The van der Waals surface area contributed by atoms with Crippen molar-refractivity contribution in [1.29, 1.82) is 0 Å². The number of nitrogens with one attached hydrogen (secondary N) is 1. The molecule has 1 amide bonds. The number of nitrogens with zero attached hydrogens (tertiary/aromatic N) is 1. The molecule has 0 unspecified atom stereocenters. The number of aromatic nitrogens is 1. The number of carbonyl (C=O) groups is 1. The summed E-state index contributed by atoms with van der Waals surface area (Å²) in [4.78, 5) is 12.0. The van der Waals surface area contributed by atoms with Gasteiger partial charge in [0.15, 0.2) is 0 Å². The number of aryl methyl sites for hydroxylation is 1. The van der Waals surface area contributed by atoms with E-state index in [1.165, 1.54) is 0 Å². The van der Waals surface area contributed by atoms with Crippen LogP contribution >= 0.6 is 23.4 Å². The van der Waals surface area contributed by atoms with Gasteiger partial charge in [-0.3, -0.25) is 4.79 Å². The average Bonchev–Trinajstić information content (AvgIpc) is 2.94. The minimum atomic E-state index is -0.157. The summed E-state index contributed by atoms with van der Waals surface area (Å²) in [6.45, 7) is 0.574. The molecule has 1 aromatic heterocycles. The lowest BCUT2D eigenvalue weighted by molar-refractivity contribution is -0.122. The zero-order valence-electron chi connectivity index (χ0n) is 12.6. The molecule has 1 atom stereocenters. The van der Waals surface area contributed by atoms with Crippen molar-refractivity contribution in [2.24, 2.45) is 0 Å². The lowest BCUT2D eigenvalue weighted by Gasteiger charge is -2.16. The van der Waals surface area contributed by atoms with Crippen molar-refractivity contribution in [1.82, 2.24) is 9.88 Å². The molecular weight excluding hydrogens is 320 g/mol. The van der Waals surface area contributed by atoms with Crippen LogP contribution in [0.15, 0.2) is 30.5 Å². The summed E-state index contributed by atoms with van der Waals surface area (Å²) < 4.78 is 2.02. The molecule has 0 aliphatic rings. The molecule has 0 bridgehead atoms. The summed E-state index contributed by atoms with van der Waals surface area (Å²) in [5, 5.41) is 13.9. The predicted molar refractivity (Wildman–Crippen MR) is 93.6 cm³/mol. The third-order valence-electron chi connectivity index (χ3n) is 3.60. The van der Waals surface area contributed by atoms with E-state index in [-0.39, 0.29) is 18.6 Å². The van der Waals surface area contributed by atoms with E-state index in [0.29, 0.717) is 13.0 Å². The molecule has 0 saturated carbocycles. The summed E-state index contributed by atoms with van der Waals surface area (Å²) in [7, 11) is 0. The smallest absolute Gasteiger partial charge is 0.222 e. The van der Waals surface area contributed by atoms with Gasteiger partial charge in [0, 0.05) is 35.1 Å². The second-order valence-electron chi connectivity index (χ2n) is 5.16. The lowest BCUT2D eigenvalue weighted by atomic mass is 10.2. The van der Waals surface area contributed by atoms with E-state index in [1.54, 1.807) is 11.8 Å². The van der Waals surface area contributed by atoms with E-state index in [1.807, 2.05) is 41.3 Å². The minimum Gasteiger partial charge on any atom is -0.394 e. The SMILES string of the molecule is CSCC[C@H](CO)NC(=O)CCn1ccc2c(Cl)cccc21. The van der Waals surface area contributed by atoms with Crippen LogP contribution in [0.1, 0.15) is 12.8 Å². The Hall–Kier alpha value is -1.17.